The number of hydrogen-bond donors (Lipinski definition) is 2. The summed E-state index contributed by atoms with van der Waals surface area (Å²) in [5.74, 6) is -0.861. The Morgan fingerprint density at radius 3 is 2.00 bits per heavy atom. The predicted octanol–water partition coefficient (Wildman–Crippen LogP) is -1.27. The molecular formula is C5H10O4S. The third kappa shape index (κ3) is 1.04. The van der Waals surface area contributed by atoms with Gasteiger partial charge in [0.05, 0.1) is 11.9 Å². The molecule has 1 fully saturated rings. The Morgan fingerprint density at radius 2 is 1.90 bits per heavy atom. The van der Waals surface area contributed by atoms with E-state index < -0.39 is 27.3 Å². The number of sulfone groups is 1. The van der Waals surface area contributed by atoms with Gasteiger partial charge in [0, 0.05) is 5.92 Å². The first-order chi connectivity index (χ1) is 4.45. The summed E-state index contributed by atoms with van der Waals surface area (Å²) in [6.07, 6.45) is -0.903. The first kappa shape index (κ1) is 7.97. The SMILES string of the molecule is C[C@H]1[C@H](O)CS(=O)(=O)[C@@H]1O. The van der Waals surface area contributed by atoms with Crippen LogP contribution in [0.15, 0.2) is 0 Å². The molecule has 0 aromatic rings. The van der Waals surface area contributed by atoms with E-state index in [-0.39, 0.29) is 5.75 Å². The van der Waals surface area contributed by atoms with E-state index in [1.54, 1.807) is 0 Å². The zero-order valence-electron chi connectivity index (χ0n) is 5.56. The maximum absolute atomic E-state index is 10.8. The summed E-state index contributed by atoms with van der Waals surface area (Å²) in [6.45, 7) is 1.51. The highest BCUT2D eigenvalue weighted by Crippen LogP contribution is 2.24. The molecule has 0 saturated carbocycles. The molecule has 10 heavy (non-hydrogen) atoms. The van der Waals surface area contributed by atoms with Gasteiger partial charge in [0.25, 0.3) is 0 Å². The fourth-order valence-corrected chi connectivity index (χ4v) is 2.82. The van der Waals surface area contributed by atoms with Crippen molar-refractivity contribution in [3.05, 3.63) is 0 Å². The van der Waals surface area contributed by atoms with E-state index in [9.17, 15) is 8.42 Å². The molecule has 1 rings (SSSR count). The first-order valence-electron chi connectivity index (χ1n) is 3.03. The second-order valence-electron chi connectivity index (χ2n) is 2.65. The number of hydrogen-bond acceptors (Lipinski definition) is 4. The normalized spacial score (nSPS) is 45.7. The molecule has 60 valence electrons. The average molecular weight is 166 g/mol. The molecule has 4 nitrogen and oxygen atoms in total. The molecule has 0 aliphatic carbocycles. The van der Waals surface area contributed by atoms with Gasteiger partial charge in [-0.05, 0) is 0 Å². The van der Waals surface area contributed by atoms with E-state index in [2.05, 4.69) is 0 Å². The van der Waals surface area contributed by atoms with Gasteiger partial charge in [-0.2, -0.15) is 0 Å². The lowest BCUT2D eigenvalue weighted by Crippen LogP contribution is -2.21. The maximum atomic E-state index is 10.8. The molecule has 0 bridgehead atoms. The molecule has 1 saturated heterocycles. The van der Waals surface area contributed by atoms with Gasteiger partial charge in [0.1, 0.15) is 0 Å². The van der Waals surface area contributed by atoms with Gasteiger partial charge in [-0.15, -0.1) is 0 Å². The fourth-order valence-electron chi connectivity index (χ4n) is 1.01. The van der Waals surface area contributed by atoms with Crippen LogP contribution in [0.5, 0.6) is 0 Å². The zero-order chi connectivity index (χ0) is 7.94. The average Bonchev–Trinajstić information content (AvgIpc) is 1.95. The summed E-state index contributed by atoms with van der Waals surface area (Å²) >= 11 is 0. The Kier molecular flexibility index (Phi) is 1.74. The Labute approximate surface area is 59.4 Å². The monoisotopic (exact) mass is 166 g/mol. The van der Waals surface area contributed by atoms with Crippen molar-refractivity contribution in [1.82, 2.24) is 0 Å². The van der Waals surface area contributed by atoms with Crippen molar-refractivity contribution in [3.8, 4) is 0 Å². The molecule has 1 aliphatic heterocycles. The van der Waals surface area contributed by atoms with Crippen molar-refractivity contribution in [2.24, 2.45) is 5.92 Å². The van der Waals surface area contributed by atoms with Crippen molar-refractivity contribution in [2.75, 3.05) is 5.75 Å². The van der Waals surface area contributed by atoms with Gasteiger partial charge >= 0.3 is 0 Å². The molecule has 0 amide bonds. The van der Waals surface area contributed by atoms with Crippen LogP contribution in [0.4, 0.5) is 0 Å². The summed E-state index contributed by atoms with van der Waals surface area (Å²) in [4.78, 5) is 0. The molecular weight excluding hydrogens is 156 g/mol. The van der Waals surface area contributed by atoms with E-state index >= 15 is 0 Å². The molecule has 5 heteroatoms. The first-order valence-corrected chi connectivity index (χ1v) is 4.74. The van der Waals surface area contributed by atoms with E-state index in [0.717, 1.165) is 0 Å². The van der Waals surface area contributed by atoms with Gasteiger partial charge < -0.3 is 10.2 Å². The van der Waals surface area contributed by atoms with E-state index in [0.29, 0.717) is 0 Å². The van der Waals surface area contributed by atoms with Crippen LogP contribution in [0.2, 0.25) is 0 Å². The smallest absolute Gasteiger partial charge is 0.179 e. The molecule has 0 unspecified atom stereocenters. The second-order valence-corrected chi connectivity index (χ2v) is 4.79. The Hall–Kier alpha value is -0.130. The number of aliphatic hydroxyl groups is 2. The van der Waals surface area contributed by atoms with Crippen LogP contribution in [0.25, 0.3) is 0 Å². The largest absolute Gasteiger partial charge is 0.392 e. The fraction of sp³-hybridized carbons (Fsp3) is 1.00. The summed E-state index contributed by atoms with van der Waals surface area (Å²) in [5.41, 5.74) is -1.37. The van der Waals surface area contributed by atoms with Gasteiger partial charge in [0.15, 0.2) is 15.3 Å². The minimum Gasteiger partial charge on any atom is -0.392 e. The van der Waals surface area contributed by atoms with Crippen LogP contribution in [-0.2, 0) is 9.84 Å². The Morgan fingerprint density at radius 1 is 1.40 bits per heavy atom. The third-order valence-electron chi connectivity index (χ3n) is 1.83. The maximum Gasteiger partial charge on any atom is 0.179 e. The molecule has 1 aliphatic rings. The van der Waals surface area contributed by atoms with Crippen LogP contribution in [-0.4, -0.2) is 35.9 Å². The summed E-state index contributed by atoms with van der Waals surface area (Å²) in [6, 6.07) is 0. The van der Waals surface area contributed by atoms with Crippen molar-refractivity contribution in [3.63, 3.8) is 0 Å². The van der Waals surface area contributed by atoms with E-state index in [1.807, 2.05) is 0 Å². The third-order valence-corrected chi connectivity index (χ3v) is 3.80. The van der Waals surface area contributed by atoms with E-state index in [1.165, 1.54) is 6.92 Å². The molecule has 2 N–H and O–H groups in total. The number of aliphatic hydroxyl groups excluding tert-OH is 2. The quantitative estimate of drug-likeness (QED) is 0.470. The van der Waals surface area contributed by atoms with Crippen molar-refractivity contribution < 1.29 is 18.6 Å². The lowest BCUT2D eigenvalue weighted by atomic mass is 10.1. The topological polar surface area (TPSA) is 74.6 Å². The van der Waals surface area contributed by atoms with Crippen molar-refractivity contribution >= 4 is 9.84 Å². The molecule has 3 atom stereocenters. The summed E-state index contributed by atoms with van der Waals surface area (Å²) < 4.78 is 21.5. The highest BCUT2D eigenvalue weighted by molar-refractivity contribution is 7.92. The predicted molar refractivity (Wildman–Crippen MR) is 35.0 cm³/mol. The van der Waals surface area contributed by atoms with Gasteiger partial charge in [-0.1, -0.05) is 6.92 Å². The molecule has 0 spiro atoms. The molecule has 1 heterocycles. The van der Waals surface area contributed by atoms with Crippen LogP contribution in [0, 0.1) is 5.92 Å². The van der Waals surface area contributed by atoms with Gasteiger partial charge in [0.2, 0.25) is 0 Å². The standard InChI is InChI=1S/C5H10O4S/c1-3-4(6)2-10(8,9)5(3)7/h3-7H,2H2,1H3/t3-,4+,5-/m0/s1. The Bertz CT molecular complexity index is 220. The lowest BCUT2D eigenvalue weighted by molar-refractivity contribution is 0.0923. The summed E-state index contributed by atoms with van der Waals surface area (Å²) in [5, 5.41) is 17.9. The summed E-state index contributed by atoms with van der Waals surface area (Å²) in [7, 11) is -3.42. The van der Waals surface area contributed by atoms with Crippen LogP contribution in [0.1, 0.15) is 6.92 Å². The zero-order valence-corrected chi connectivity index (χ0v) is 6.37. The molecule has 0 aromatic heterocycles. The second kappa shape index (κ2) is 2.18. The van der Waals surface area contributed by atoms with Crippen LogP contribution < -0.4 is 0 Å². The van der Waals surface area contributed by atoms with Gasteiger partial charge in [-0.25, -0.2) is 8.42 Å². The van der Waals surface area contributed by atoms with Crippen molar-refractivity contribution in [2.45, 2.75) is 18.5 Å². The highest BCUT2D eigenvalue weighted by atomic mass is 32.2. The minimum absolute atomic E-state index is 0.310. The lowest BCUT2D eigenvalue weighted by Gasteiger charge is -2.07. The van der Waals surface area contributed by atoms with Gasteiger partial charge in [-0.3, -0.25) is 0 Å². The highest BCUT2D eigenvalue weighted by Gasteiger charge is 2.42. The van der Waals surface area contributed by atoms with E-state index in [4.69, 9.17) is 10.2 Å². The van der Waals surface area contributed by atoms with Crippen molar-refractivity contribution in [1.29, 1.82) is 0 Å². The van der Waals surface area contributed by atoms with Crippen LogP contribution >= 0.6 is 0 Å². The minimum atomic E-state index is -3.42. The number of rotatable bonds is 0. The Balaban J connectivity index is 2.93. The van der Waals surface area contributed by atoms with Crippen LogP contribution in [0.3, 0.4) is 0 Å². The molecule has 0 radical (unpaired) electrons. The molecule has 0 aromatic carbocycles.